The molecule has 1 aliphatic carbocycles. The van der Waals surface area contributed by atoms with Gasteiger partial charge < -0.3 is 15.0 Å². The Balaban J connectivity index is 1.37. The lowest BCUT2D eigenvalue weighted by atomic mass is 10.2. The van der Waals surface area contributed by atoms with Gasteiger partial charge in [-0.1, -0.05) is 0 Å². The maximum Gasteiger partial charge on any atom is 0.264 e. The van der Waals surface area contributed by atoms with Crippen LogP contribution in [0.2, 0.25) is 0 Å². The number of aromatic nitrogens is 1. The van der Waals surface area contributed by atoms with Gasteiger partial charge in [-0.3, -0.25) is 14.4 Å². The van der Waals surface area contributed by atoms with Crippen molar-refractivity contribution in [2.75, 3.05) is 5.32 Å². The molecule has 34 heavy (non-hydrogen) atoms. The number of anilines is 1. The van der Waals surface area contributed by atoms with E-state index in [9.17, 15) is 22.8 Å². The molecule has 0 radical (unpaired) electrons. The molecule has 1 heterocycles. The summed E-state index contributed by atoms with van der Waals surface area (Å²) in [5.74, 6) is -0.655. The van der Waals surface area contributed by atoms with Gasteiger partial charge in [-0.05, 0) is 80.3 Å². The van der Waals surface area contributed by atoms with Crippen LogP contribution in [0.3, 0.4) is 0 Å². The number of sulfonamides is 1. The predicted octanol–water partition coefficient (Wildman–Crippen LogP) is 3.07. The fourth-order valence-electron chi connectivity index (χ4n) is 3.60. The molecule has 3 N–H and O–H groups in total. The predicted molar refractivity (Wildman–Crippen MR) is 125 cm³/mol. The van der Waals surface area contributed by atoms with Crippen molar-refractivity contribution in [2.45, 2.75) is 36.7 Å². The van der Waals surface area contributed by atoms with E-state index in [-0.39, 0.29) is 27.7 Å². The lowest BCUT2D eigenvalue weighted by molar-refractivity contribution is 0.0980. The van der Waals surface area contributed by atoms with Gasteiger partial charge in [-0.15, -0.1) is 0 Å². The number of carbonyl (C=O) groups excluding carboxylic acids is 2. The number of aromatic amines is 1. The lowest BCUT2D eigenvalue weighted by Gasteiger charge is -2.13. The zero-order valence-corrected chi connectivity index (χ0v) is 18.9. The van der Waals surface area contributed by atoms with Gasteiger partial charge in [-0.25, -0.2) is 13.1 Å². The Hall–Kier alpha value is -3.92. The van der Waals surface area contributed by atoms with Crippen molar-refractivity contribution in [3.8, 4) is 5.75 Å². The number of H-pyrrole nitrogens is 1. The normalized spacial score (nSPS) is 13.9. The summed E-state index contributed by atoms with van der Waals surface area (Å²) >= 11 is 0. The van der Waals surface area contributed by atoms with Gasteiger partial charge in [0.1, 0.15) is 5.75 Å². The first kappa shape index (κ1) is 23.2. The van der Waals surface area contributed by atoms with E-state index in [2.05, 4.69) is 10.3 Å². The molecule has 0 saturated heterocycles. The van der Waals surface area contributed by atoms with Crippen molar-refractivity contribution in [1.82, 2.24) is 9.71 Å². The molecule has 10 heteroatoms. The maximum absolute atomic E-state index is 12.6. The summed E-state index contributed by atoms with van der Waals surface area (Å²) < 4.78 is 33.1. The Bertz CT molecular complexity index is 1320. The van der Waals surface area contributed by atoms with Crippen LogP contribution in [0.25, 0.3) is 0 Å². The van der Waals surface area contributed by atoms with Crippen molar-refractivity contribution < 1.29 is 22.7 Å². The Morgan fingerprint density at radius 2 is 1.50 bits per heavy atom. The van der Waals surface area contributed by atoms with Crippen molar-refractivity contribution >= 4 is 27.5 Å². The number of amides is 2. The van der Waals surface area contributed by atoms with E-state index in [0.717, 1.165) is 25.7 Å². The molecule has 2 aromatic carbocycles. The number of hydrogen-bond acceptors (Lipinski definition) is 6. The fraction of sp³-hybridized carbons (Fsp3) is 0.208. The van der Waals surface area contributed by atoms with Gasteiger partial charge in [-0.2, -0.15) is 0 Å². The van der Waals surface area contributed by atoms with Crippen LogP contribution in [0, 0.1) is 0 Å². The minimum Gasteiger partial charge on any atom is -0.490 e. The highest BCUT2D eigenvalue weighted by molar-refractivity contribution is 7.90. The quantitative estimate of drug-likeness (QED) is 0.475. The zero-order chi connectivity index (χ0) is 24.1. The van der Waals surface area contributed by atoms with Gasteiger partial charge in [0.05, 0.1) is 16.6 Å². The summed E-state index contributed by atoms with van der Waals surface area (Å²) in [6.45, 7) is 0. The smallest absolute Gasteiger partial charge is 0.264 e. The SMILES string of the molecule is O=C(Nc1ccc(C(=O)NS(=O)(=O)c2ccc(OC3CCCC3)cc2)cc1)c1ccc(=O)[nH]c1. The van der Waals surface area contributed by atoms with Crippen LogP contribution < -0.4 is 20.3 Å². The molecule has 0 unspecified atom stereocenters. The topological polar surface area (TPSA) is 134 Å². The van der Waals surface area contributed by atoms with E-state index in [1.165, 1.54) is 54.7 Å². The van der Waals surface area contributed by atoms with Crippen LogP contribution in [0.15, 0.2) is 76.6 Å². The number of hydrogen-bond donors (Lipinski definition) is 3. The summed E-state index contributed by atoms with van der Waals surface area (Å²) in [7, 11) is -4.07. The molecule has 9 nitrogen and oxygen atoms in total. The monoisotopic (exact) mass is 481 g/mol. The van der Waals surface area contributed by atoms with Crippen LogP contribution in [-0.2, 0) is 10.0 Å². The standard InChI is InChI=1S/C24H23N3O6S/c28-22-14-7-17(15-25-22)23(29)26-18-8-5-16(6-9-18)24(30)27-34(31,32)21-12-10-20(11-13-21)33-19-3-1-2-4-19/h5-15,19H,1-4H2,(H,25,28)(H,26,29)(H,27,30). The molecular weight excluding hydrogens is 458 g/mol. The third kappa shape index (κ3) is 5.70. The van der Waals surface area contributed by atoms with E-state index in [0.29, 0.717) is 11.4 Å². The molecule has 0 aliphatic heterocycles. The zero-order valence-electron chi connectivity index (χ0n) is 18.1. The number of pyridine rings is 1. The average Bonchev–Trinajstić information content (AvgIpc) is 3.33. The molecular formula is C24H23N3O6S. The molecule has 1 aromatic heterocycles. The number of ether oxygens (including phenoxy) is 1. The third-order valence-corrected chi connectivity index (χ3v) is 6.76. The minimum atomic E-state index is -4.07. The molecule has 1 aliphatic rings. The first-order chi connectivity index (χ1) is 16.3. The highest BCUT2D eigenvalue weighted by Gasteiger charge is 2.20. The fourth-order valence-corrected chi connectivity index (χ4v) is 4.57. The van der Waals surface area contributed by atoms with Gasteiger partial charge in [0, 0.05) is 23.5 Å². The van der Waals surface area contributed by atoms with E-state index in [1.54, 1.807) is 12.1 Å². The molecule has 176 valence electrons. The van der Waals surface area contributed by atoms with Gasteiger partial charge in [0.15, 0.2) is 0 Å². The maximum atomic E-state index is 12.6. The van der Waals surface area contributed by atoms with Crippen molar-refractivity contribution in [3.63, 3.8) is 0 Å². The highest BCUT2D eigenvalue weighted by atomic mass is 32.2. The van der Waals surface area contributed by atoms with E-state index >= 15 is 0 Å². The highest BCUT2D eigenvalue weighted by Crippen LogP contribution is 2.25. The first-order valence-electron chi connectivity index (χ1n) is 10.7. The molecule has 4 rings (SSSR count). The van der Waals surface area contributed by atoms with Crippen LogP contribution in [-0.4, -0.2) is 31.3 Å². The van der Waals surface area contributed by atoms with Crippen LogP contribution in [0.4, 0.5) is 5.69 Å². The van der Waals surface area contributed by atoms with Gasteiger partial charge in [0.2, 0.25) is 5.56 Å². The van der Waals surface area contributed by atoms with Gasteiger partial charge >= 0.3 is 0 Å². The Morgan fingerprint density at radius 1 is 0.853 bits per heavy atom. The van der Waals surface area contributed by atoms with E-state index in [1.807, 2.05) is 4.72 Å². The van der Waals surface area contributed by atoms with Crippen LogP contribution >= 0.6 is 0 Å². The molecule has 2 amide bonds. The van der Waals surface area contributed by atoms with Crippen LogP contribution in [0.1, 0.15) is 46.4 Å². The number of rotatable bonds is 7. The van der Waals surface area contributed by atoms with Crippen molar-refractivity contribution in [3.05, 3.63) is 88.3 Å². The van der Waals surface area contributed by atoms with Gasteiger partial charge in [0.25, 0.3) is 21.8 Å². The number of benzene rings is 2. The van der Waals surface area contributed by atoms with E-state index in [4.69, 9.17) is 4.74 Å². The van der Waals surface area contributed by atoms with Crippen molar-refractivity contribution in [1.29, 1.82) is 0 Å². The summed E-state index contributed by atoms with van der Waals surface area (Å²) in [5.41, 5.74) is 0.433. The minimum absolute atomic E-state index is 0.0515. The molecule has 1 saturated carbocycles. The number of carbonyl (C=O) groups is 2. The molecule has 0 bridgehead atoms. The van der Waals surface area contributed by atoms with E-state index < -0.39 is 21.8 Å². The van der Waals surface area contributed by atoms with Crippen LogP contribution in [0.5, 0.6) is 5.75 Å². The summed E-state index contributed by atoms with van der Waals surface area (Å²) in [4.78, 5) is 38.1. The second-order valence-corrected chi connectivity index (χ2v) is 9.59. The average molecular weight is 482 g/mol. The first-order valence-corrected chi connectivity index (χ1v) is 12.2. The Morgan fingerprint density at radius 3 is 2.12 bits per heavy atom. The lowest BCUT2D eigenvalue weighted by Crippen LogP contribution is -2.30. The molecule has 0 atom stereocenters. The van der Waals surface area contributed by atoms with Crippen molar-refractivity contribution in [2.24, 2.45) is 0 Å². The summed E-state index contributed by atoms with van der Waals surface area (Å²) in [6, 6.07) is 14.3. The Kier molecular flexibility index (Phi) is 6.78. The Labute approximate surface area is 196 Å². The largest absolute Gasteiger partial charge is 0.490 e. The molecule has 0 spiro atoms. The summed E-state index contributed by atoms with van der Waals surface area (Å²) in [5, 5.41) is 2.63. The molecule has 3 aromatic rings. The third-order valence-electron chi connectivity index (χ3n) is 5.42. The second kappa shape index (κ2) is 9.92. The second-order valence-electron chi connectivity index (χ2n) is 7.90. The number of nitrogens with one attached hydrogen (secondary N) is 3. The summed E-state index contributed by atoms with van der Waals surface area (Å²) in [6.07, 6.45) is 5.69. The molecule has 1 fully saturated rings.